The number of nitrogen functional groups attached to an aromatic ring is 1. The zero-order chi connectivity index (χ0) is 24.8. The molecule has 6 rings (SSSR count). The SMILES string of the molecule is CSN1CCN(Cc2ccc3c(c2)C=C(C(=O)c2cnn(-c4ccc5nc(C)[nH]c5c4)c2N)C3)CC1. The van der Waals surface area contributed by atoms with Gasteiger partial charge in [0.1, 0.15) is 11.6 Å². The summed E-state index contributed by atoms with van der Waals surface area (Å²) in [4.78, 5) is 23.6. The summed E-state index contributed by atoms with van der Waals surface area (Å²) >= 11 is 1.82. The summed E-state index contributed by atoms with van der Waals surface area (Å²) in [5.41, 5.74) is 13.8. The molecule has 0 spiro atoms. The zero-order valence-corrected chi connectivity index (χ0v) is 21.3. The third-order valence-electron chi connectivity index (χ3n) is 7.09. The first-order chi connectivity index (χ1) is 17.5. The van der Waals surface area contributed by atoms with Crippen molar-refractivity contribution in [2.45, 2.75) is 19.9 Å². The van der Waals surface area contributed by atoms with Crippen LogP contribution in [0.2, 0.25) is 0 Å². The van der Waals surface area contributed by atoms with Crippen LogP contribution in [0, 0.1) is 6.92 Å². The standard InChI is InChI=1S/C27H29N7OS/c1-17-30-24-6-5-22(14-25(24)31-17)34-27(28)23(15-29-34)26(35)21-12-19-4-3-18(11-20(19)13-21)16-32-7-9-33(36-2)10-8-32/h3-6,11,13-15H,7-10,12,16,28H2,1-2H3,(H,30,31). The molecule has 3 N–H and O–H groups in total. The first-order valence-corrected chi connectivity index (χ1v) is 13.4. The molecule has 0 amide bonds. The molecule has 2 aliphatic rings. The number of nitrogens with two attached hydrogens (primary N) is 1. The predicted octanol–water partition coefficient (Wildman–Crippen LogP) is 3.86. The first-order valence-electron chi connectivity index (χ1n) is 12.2. The molecular formula is C27H29N7OS. The Bertz CT molecular complexity index is 1490. The number of imidazole rings is 1. The van der Waals surface area contributed by atoms with Gasteiger partial charge in [-0.1, -0.05) is 30.1 Å². The molecule has 2 aromatic heterocycles. The zero-order valence-electron chi connectivity index (χ0n) is 20.5. The Labute approximate surface area is 214 Å². The van der Waals surface area contributed by atoms with Crippen LogP contribution in [0.15, 0.2) is 48.2 Å². The minimum absolute atomic E-state index is 0.0665. The number of ketones is 1. The van der Waals surface area contributed by atoms with Crippen molar-refractivity contribution in [3.05, 3.63) is 76.2 Å². The smallest absolute Gasteiger partial charge is 0.194 e. The number of aryl methyl sites for hydroxylation is 1. The van der Waals surface area contributed by atoms with Crippen molar-refractivity contribution >= 4 is 40.7 Å². The van der Waals surface area contributed by atoms with Crippen LogP contribution in [0.25, 0.3) is 22.8 Å². The van der Waals surface area contributed by atoms with Gasteiger partial charge in [0.25, 0.3) is 0 Å². The summed E-state index contributed by atoms with van der Waals surface area (Å²) in [6.07, 6.45) is 6.35. The molecule has 1 saturated heterocycles. The molecule has 1 aliphatic carbocycles. The number of hydrogen-bond acceptors (Lipinski definition) is 7. The number of H-pyrrole nitrogens is 1. The van der Waals surface area contributed by atoms with Gasteiger partial charge in [0.05, 0.1) is 28.5 Å². The van der Waals surface area contributed by atoms with Crippen LogP contribution in [0.3, 0.4) is 0 Å². The van der Waals surface area contributed by atoms with Crippen LogP contribution in [0.1, 0.15) is 32.9 Å². The first kappa shape index (κ1) is 23.0. The van der Waals surface area contributed by atoms with Crippen LogP contribution in [0.4, 0.5) is 5.82 Å². The van der Waals surface area contributed by atoms with Gasteiger partial charge in [-0.2, -0.15) is 5.10 Å². The number of Topliss-reactive ketones (excluding diaryl/α,β-unsaturated/α-hetero) is 1. The van der Waals surface area contributed by atoms with Crippen LogP contribution in [-0.2, 0) is 13.0 Å². The molecule has 4 aromatic rings. The molecule has 0 atom stereocenters. The summed E-state index contributed by atoms with van der Waals surface area (Å²) in [5.74, 6) is 1.13. The molecule has 9 heteroatoms. The van der Waals surface area contributed by atoms with Crippen LogP contribution in [-0.4, -0.2) is 67.2 Å². The van der Waals surface area contributed by atoms with Gasteiger partial charge in [-0.15, -0.1) is 0 Å². The Balaban J connectivity index is 1.20. The van der Waals surface area contributed by atoms with E-state index in [-0.39, 0.29) is 5.78 Å². The lowest BCUT2D eigenvalue weighted by Crippen LogP contribution is -2.42. The molecule has 1 aliphatic heterocycles. The molecule has 0 saturated carbocycles. The maximum atomic E-state index is 13.4. The lowest BCUT2D eigenvalue weighted by Gasteiger charge is -2.33. The number of piperazine rings is 1. The van der Waals surface area contributed by atoms with Crippen molar-refractivity contribution in [2.75, 3.05) is 38.2 Å². The van der Waals surface area contributed by atoms with E-state index in [1.54, 1.807) is 10.9 Å². The second kappa shape index (κ2) is 9.24. The second-order valence-corrected chi connectivity index (χ2v) is 10.4. The van der Waals surface area contributed by atoms with E-state index in [0.717, 1.165) is 66.4 Å². The van der Waals surface area contributed by atoms with Crippen LogP contribution < -0.4 is 5.73 Å². The number of hydrogen-bond donors (Lipinski definition) is 2. The number of rotatable bonds is 6. The average molecular weight is 500 g/mol. The van der Waals surface area contributed by atoms with Gasteiger partial charge in [-0.3, -0.25) is 9.69 Å². The van der Waals surface area contributed by atoms with E-state index in [2.05, 4.69) is 48.7 Å². The molecular weight excluding hydrogens is 470 g/mol. The van der Waals surface area contributed by atoms with Crippen molar-refractivity contribution in [3.63, 3.8) is 0 Å². The van der Waals surface area contributed by atoms with E-state index >= 15 is 0 Å². The molecule has 184 valence electrons. The number of fused-ring (bicyclic) bond motifs is 2. The van der Waals surface area contributed by atoms with Gasteiger partial charge >= 0.3 is 0 Å². The maximum absolute atomic E-state index is 13.4. The Hall–Kier alpha value is -3.40. The number of anilines is 1. The van der Waals surface area contributed by atoms with Crippen molar-refractivity contribution < 1.29 is 4.79 Å². The predicted molar refractivity (Wildman–Crippen MR) is 145 cm³/mol. The molecule has 0 bridgehead atoms. The third-order valence-corrected chi connectivity index (χ3v) is 7.97. The lowest BCUT2D eigenvalue weighted by atomic mass is 10.0. The Kier molecular flexibility index (Phi) is 5.91. The topological polar surface area (TPSA) is 96.1 Å². The number of nitrogens with zero attached hydrogens (tertiary/aromatic N) is 5. The molecule has 2 aromatic carbocycles. The maximum Gasteiger partial charge on any atom is 0.194 e. The Morgan fingerprint density at radius 3 is 2.78 bits per heavy atom. The van der Waals surface area contributed by atoms with Crippen molar-refractivity contribution in [2.24, 2.45) is 0 Å². The lowest BCUT2D eigenvalue weighted by molar-refractivity contribution is 0.103. The second-order valence-electron chi connectivity index (χ2n) is 9.48. The molecule has 0 unspecified atom stereocenters. The van der Waals surface area contributed by atoms with Gasteiger partial charge in [0, 0.05) is 44.7 Å². The van der Waals surface area contributed by atoms with E-state index in [1.165, 1.54) is 11.1 Å². The summed E-state index contributed by atoms with van der Waals surface area (Å²) in [5, 5.41) is 4.43. The molecule has 1 fully saturated rings. The average Bonchev–Trinajstić information content (AvgIpc) is 3.58. The van der Waals surface area contributed by atoms with Crippen molar-refractivity contribution in [1.29, 1.82) is 0 Å². The van der Waals surface area contributed by atoms with E-state index in [0.29, 0.717) is 17.8 Å². The normalized spacial score (nSPS) is 16.4. The van der Waals surface area contributed by atoms with Gasteiger partial charge in [0.2, 0.25) is 0 Å². The van der Waals surface area contributed by atoms with E-state index < -0.39 is 0 Å². The number of nitrogens with one attached hydrogen (secondary N) is 1. The fourth-order valence-electron chi connectivity index (χ4n) is 5.12. The number of aromatic nitrogens is 4. The van der Waals surface area contributed by atoms with Gasteiger partial charge in [0.15, 0.2) is 5.78 Å². The fourth-order valence-corrected chi connectivity index (χ4v) is 5.65. The van der Waals surface area contributed by atoms with Crippen LogP contribution in [0.5, 0.6) is 0 Å². The summed E-state index contributed by atoms with van der Waals surface area (Å²) in [7, 11) is 0. The molecule has 3 heterocycles. The quantitative estimate of drug-likeness (QED) is 0.307. The molecule has 36 heavy (non-hydrogen) atoms. The number of carbonyl (C=O) groups is 1. The molecule has 0 radical (unpaired) electrons. The largest absolute Gasteiger partial charge is 0.383 e. The number of allylic oxidation sites excluding steroid dienone is 1. The Morgan fingerprint density at radius 1 is 1.14 bits per heavy atom. The Morgan fingerprint density at radius 2 is 1.97 bits per heavy atom. The summed E-state index contributed by atoms with van der Waals surface area (Å²) in [6, 6.07) is 12.4. The van der Waals surface area contributed by atoms with Crippen molar-refractivity contribution in [1.82, 2.24) is 29.0 Å². The minimum Gasteiger partial charge on any atom is -0.383 e. The van der Waals surface area contributed by atoms with Crippen molar-refractivity contribution in [3.8, 4) is 5.69 Å². The van der Waals surface area contributed by atoms with E-state index in [4.69, 9.17) is 5.73 Å². The van der Waals surface area contributed by atoms with E-state index in [1.807, 2.05) is 43.1 Å². The summed E-state index contributed by atoms with van der Waals surface area (Å²) < 4.78 is 4.02. The minimum atomic E-state index is -0.0665. The summed E-state index contributed by atoms with van der Waals surface area (Å²) in [6.45, 7) is 7.19. The highest BCUT2D eigenvalue weighted by molar-refractivity contribution is 7.96. The fraction of sp³-hybridized carbons (Fsp3) is 0.296. The number of aromatic amines is 1. The third kappa shape index (κ3) is 4.23. The number of carbonyl (C=O) groups excluding carboxylic acids is 1. The molecule has 8 nitrogen and oxygen atoms in total. The number of benzene rings is 2. The monoisotopic (exact) mass is 499 g/mol. The van der Waals surface area contributed by atoms with Gasteiger partial charge in [-0.25, -0.2) is 14.0 Å². The highest BCUT2D eigenvalue weighted by atomic mass is 32.2. The van der Waals surface area contributed by atoms with Crippen LogP contribution >= 0.6 is 11.9 Å². The van der Waals surface area contributed by atoms with E-state index in [9.17, 15) is 4.79 Å². The highest BCUT2D eigenvalue weighted by Crippen LogP contribution is 2.31. The highest BCUT2D eigenvalue weighted by Gasteiger charge is 2.25. The van der Waals surface area contributed by atoms with Gasteiger partial charge < -0.3 is 10.7 Å². The van der Waals surface area contributed by atoms with Gasteiger partial charge in [-0.05, 0) is 54.1 Å².